The molecule has 168 valence electrons. The van der Waals surface area contributed by atoms with Crippen LogP contribution >= 0.6 is 11.6 Å². The molecule has 0 unspecified atom stereocenters. The molecule has 0 spiro atoms. The van der Waals surface area contributed by atoms with Crippen LogP contribution in [0.15, 0.2) is 54.6 Å². The van der Waals surface area contributed by atoms with Gasteiger partial charge >= 0.3 is 6.18 Å². The molecule has 0 bridgehead atoms. The first-order valence-corrected chi connectivity index (χ1v) is 10.2. The van der Waals surface area contributed by atoms with E-state index in [9.17, 15) is 18.0 Å². The largest absolute Gasteiger partial charge is 0.497 e. The number of aromatic nitrogens is 2. The summed E-state index contributed by atoms with van der Waals surface area (Å²) in [5.74, 6) is 0.170. The Kier molecular flexibility index (Phi) is 6.01. The van der Waals surface area contributed by atoms with Crippen molar-refractivity contribution in [1.82, 2.24) is 15.1 Å². The van der Waals surface area contributed by atoms with E-state index < -0.39 is 24.2 Å². The van der Waals surface area contributed by atoms with Crippen LogP contribution in [-0.4, -0.2) is 29.0 Å². The number of carbonyl (C=O) groups excluding carboxylic acids is 1. The third-order valence-electron chi connectivity index (χ3n) is 5.28. The Morgan fingerprint density at radius 1 is 1.25 bits per heavy atom. The van der Waals surface area contributed by atoms with Crippen LogP contribution in [0.5, 0.6) is 5.75 Å². The monoisotopic (exact) mass is 464 g/mol. The number of hydrogen-bond acceptors (Lipinski definition) is 4. The zero-order valence-corrected chi connectivity index (χ0v) is 17.7. The molecule has 0 saturated carbocycles. The Morgan fingerprint density at radius 3 is 2.66 bits per heavy atom. The summed E-state index contributed by atoms with van der Waals surface area (Å²) in [7, 11) is 1.52. The van der Waals surface area contributed by atoms with Gasteiger partial charge in [0.15, 0.2) is 11.7 Å². The van der Waals surface area contributed by atoms with Crippen LogP contribution in [0, 0.1) is 0 Å². The Balaban J connectivity index is 1.56. The van der Waals surface area contributed by atoms with E-state index in [-0.39, 0.29) is 24.5 Å². The van der Waals surface area contributed by atoms with Gasteiger partial charge in [-0.25, -0.2) is 4.68 Å². The highest BCUT2D eigenvalue weighted by atomic mass is 35.5. The van der Waals surface area contributed by atoms with E-state index in [2.05, 4.69) is 15.7 Å². The highest BCUT2D eigenvalue weighted by Gasteiger charge is 2.46. The van der Waals surface area contributed by atoms with Crippen LogP contribution in [0.2, 0.25) is 5.02 Å². The molecule has 1 aliphatic rings. The SMILES string of the molecule is COc1ccc([C@H]2C[C@H](C(F)(F)F)n3nc(C(=O)NCc4cccc(Cl)c4)cc3N2)cc1. The summed E-state index contributed by atoms with van der Waals surface area (Å²) in [4.78, 5) is 12.6. The molecular weight excluding hydrogens is 445 g/mol. The molecule has 1 aromatic heterocycles. The van der Waals surface area contributed by atoms with Gasteiger partial charge in [0.1, 0.15) is 11.6 Å². The van der Waals surface area contributed by atoms with E-state index >= 15 is 0 Å². The first kappa shape index (κ1) is 22.0. The first-order chi connectivity index (χ1) is 15.2. The molecule has 1 aliphatic heterocycles. The van der Waals surface area contributed by atoms with Crippen molar-refractivity contribution in [3.05, 3.63) is 76.4 Å². The first-order valence-electron chi connectivity index (χ1n) is 9.84. The van der Waals surface area contributed by atoms with E-state index in [4.69, 9.17) is 16.3 Å². The summed E-state index contributed by atoms with van der Waals surface area (Å²) in [5, 5.41) is 10.2. The average molecular weight is 465 g/mol. The van der Waals surface area contributed by atoms with Crippen molar-refractivity contribution in [2.75, 3.05) is 12.4 Å². The fourth-order valence-electron chi connectivity index (χ4n) is 3.66. The number of benzene rings is 2. The second-order valence-corrected chi connectivity index (χ2v) is 7.87. The van der Waals surface area contributed by atoms with Crippen LogP contribution in [-0.2, 0) is 6.54 Å². The maximum Gasteiger partial charge on any atom is 0.410 e. The van der Waals surface area contributed by atoms with Crippen molar-refractivity contribution in [3.8, 4) is 5.75 Å². The summed E-state index contributed by atoms with van der Waals surface area (Å²) in [6, 6.07) is 12.6. The Labute approximate surface area is 187 Å². The lowest BCUT2D eigenvalue weighted by Crippen LogP contribution is -2.35. The zero-order chi connectivity index (χ0) is 22.9. The van der Waals surface area contributed by atoms with Crippen molar-refractivity contribution in [2.45, 2.75) is 31.2 Å². The van der Waals surface area contributed by atoms with Gasteiger partial charge in [0.25, 0.3) is 5.91 Å². The van der Waals surface area contributed by atoms with Gasteiger partial charge in [-0.1, -0.05) is 35.9 Å². The Bertz CT molecular complexity index is 1120. The molecule has 2 N–H and O–H groups in total. The quantitative estimate of drug-likeness (QED) is 0.549. The van der Waals surface area contributed by atoms with Crippen LogP contribution in [0.1, 0.15) is 40.1 Å². The molecule has 4 rings (SSSR count). The van der Waals surface area contributed by atoms with Crippen LogP contribution < -0.4 is 15.4 Å². The van der Waals surface area contributed by atoms with Crippen LogP contribution in [0.25, 0.3) is 0 Å². The average Bonchev–Trinajstić information content (AvgIpc) is 3.20. The normalized spacial score (nSPS) is 17.9. The fraction of sp³-hybridized carbons (Fsp3) is 0.273. The fourth-order valence-corrected chi connectivity index (χ4v) is 3.87. The van der Waals surface area contributed by atoms with Crippen molar-refractivity contribution < 1.29 is 22.7 Å². The summed E-state index contributed by atoms with van der Waals surface area (Å²) in [6.07, 6.45) is -4.78. The predicted molar refractivity (Wildman–Crippen MR) is 114 cm³/mol. The van der Waals surface area contributed by atoms with Gasteiger partial charge in [0.2, 0.25) is 0 Å². The standard InChI is InChI=1S/C22H20ClF3N4O2/c1-32-16-7-5-14(6-8-16)17-10-19(22(24,25)26)30-20(28-17)11-18(29-30)21(31)27-12-13-3-2-4-15(23)9-13/h2-9,11,17,19,28H,10,12H2,1H3,(H,27,31)/t17-,19-/m1/s1. The van der Waals surface area contributed by atoms with E-state index in [0.29, 0.717) is 16.3 Å². The van der Waals surface area contributed by atoms with Crippen molar-refractivity contribution in [1.29, 1.82) is 0 Å². The van der Waals surface area contributed by atoms with E-state index in [1.165, 1.54) is 13.2 Å². The van der Waals surface area contributed by atoms with Gasteiger partial charge in [-0.3, -0.25) is 4.79 Å². The number of nitrogens with zero attached hydrogens (tertiary/aromatic N) is 2. The minimum atomic E-state index is -4.53. The number of anilines is 1. The minimum absolute atomic E-state index is 0.0980. The van der Waals surface area contributed by atoms with E-state index in [0.717, 1.165) is 10.2 Å². The molecule has 6 nitrogen and oxygen atoms in total. The lowest BCUT2D eigenvalue weighted by Gasteiger charge is -2.33. The molecule has 0 saturated heterocycles. The van der Waals surface area contributed by atoms with Gasteiger partial charge < -0.3 is 15.4 Å². The van der Waals surface area contributed by atoms with Crippen molar-refractivity contribution >= 4 is 23.3 Å². The smallest absolute Gasteiger partial charge is 0.410 e. The molecule has 10 heteroatoms. The number of amides is 1. The molecule has 0 fully saturated rings. The molecule has 2 heterocycles. The van der Waals surface area contributed by atoms with Gasteiger partial charge in [-0.15, -0.1) is 0 Å². The van der Waals surface area contributed by atoms with Gasteiger partial charge in [-0.2, -0.15) is 18.3 Å². The molecule has 0 aliphatic carbocycles. The molecule has 3 aromatic rings. The van der Waals surface area contributed by atoms with E-state index in [1.807, 2.05) is 0 Å². The topological polar surface area (TPSA) is 68.2 Å². The number of rotatable bonds is 5. The number of alkyl halides is 3. The number of fused-ring (bicyclic) bond motifs is 1. The lowest BCUT2D eigenvalue weighted by molar-refractivity contribution is -0.173. The third-order valence-corrected chi connectivity index (χ3v) is 5.52. The molecule has 32 heavy (non-hydrogen) atoms. The summed E-state index contributed by atoms with van der Waals surface area (Å²) in [6.45, 7) is 0.173. The van der Waals surface area contributed by atoms with Gasteiger partial charge in [-0.05, 0) is 35.4 Å². The number of hydrogen-bond donors (Lipinski definition) is 2. The number of ether oxygens (including phenoxy) is 1. The minimum Gasteiger partial charge on any atom is -0.497 e. The molecule has 0 radical (unpaired) electrons. The number of methoxy groups -OCH3 is 1. The number of nitrogens with one attached hydrogen (secondary N) is 2. The van der Waals surface area contributed by atoms with Gasteiger partial charge in [0.05, 0.1) is 13.2 Å². The summed E-state index contributed by atoms with van der Waals surface area (Å²) in [5.41, 5.74) is 1.35. The molecule has 2 aromatic carbocycles. The maximum absolute atomic E-state index is 13.8. The number of halogens is 4. The highest BCUT2D eigenvalue weighted by molar-refractivity contribution is 6.30. The molecular formula is C22H20ClF3N4O2. The van der Waals surface area contributed by atoms with Crippen LogP contribution in [0.4, 0.5) is 19.0 Å². The lowest BCUT2D eigenvalue weighted by atomic mass is 9.97. The highest BCUT2D eigenvalue weighted by Crippen LogP contribution is 2.43. The van der Waals surface area contributed by atoms with Gasteiger partial charge in [0, 0.05) is 24.1 Å². The second-order valence-electron chi connectivity index (χ2n) is 7.44. The summed E-state index contributed by atoms with van der Waals surface area (Å²) >= 11 is 5.94. The Hall–Kier alpha value is -3.20. The van der Waals surface area contributed by atoms with E-state index in [1.54, 1.807) is 48.5 Å². The zero-order valence-electron chi connectivity index (χ0n) is 17.0. The van der Waals surface area contributed by atoms with Crippen LogP contribution in [0.3, 0.4) is 0 Å². The second kappa shape index (κ2) is 8.74. The predicted octanol–water partition coefficient (Wildman–Crippen LogP) is 5.14. The summed E-state index contributed by atoms with van der Waals surface area (Å²) < 4.78 is 47.4. The third kappa shape index (κ3) is 4.67. The van der Waals surface area contributed by atoms with Crippen molar-refractivity contribution in [3.63, 3.8) is 0 Å². The molecule has 1 amide bonds. The molecule has 2 atom stereocenters. The maximum atomic E-state index is 13.8. The Morgan fingerprint density at radius 2 is 2.00 bits per heavy atom. The number of carbonyl (C=O) groups is 1. The van der Waals surface area contributed by atoms with Crippen molar-refractivity contribution in [2.24, 2.45) is 0 Å².